The highest BCUT2D eigenvalue weighted by Crippen LogP contribution is 2.38. The van der Waals surface area contributed by atoms with Gasteiger partial charge in [0.25, 0.3) is 0 Å². The number of nitrogens with one attached hydrogen (secondary N) is 1. The fourth-order valence-electron chi connectivity index (χ4n) is 2.88. The summed E-state index contributed by atoms with van der Waals surface area (Å²) < 4.78 is 0.953. The average Bonchev–Trinajstić information content (AvgIpc) is 2.43. The van der Waals surface area contributed by atoms with E-state index in [4.69, 9.17) is 17.3 Å². The third-order valence-corrected chi connectivity index (χ3v) is 5.22. The first-order valence-corrected chi connectivity index (χ1v) is 8.45. The lowest BCUT2D eigenvalue weighted by Crippen LogP contribution is -2.36. The van der Waals surface area contributed by atoms with Gasteiger partial charge in [-0.1, -0.05) is 30.9 Å². The molecule has 1 fully saturated rings. The van der Waals surface area contributed by atoms with E-state index in [9.17, 15) is 4.79 Å². The molecule has 0 heterocycles. The fourth-order valence-corrected chi connectivity index (χ4v) is 3.89. The topological polar surface area (TPSA) is 55.1 Å². The molecule has 1 aromatic rings. The second kappa shape index (κ2) is 7.09. The summed E-state index contributed by atoms with van der Waals surface area (Å²) in [5, 5.41) is 3.66. The lowest BCUT2D eigenvalue weighted by Gasteiger charge is -2.35. The van der Waals surface area contributed by atoms with Gasteiger partial charge in [0.05, 0.1) is 5.69 Å². The summed E-state index contributed by atoms with van der Waals surface area (Å²) in [5.74, 6) is 0.0533. The Morgan fingerprint density at radius 1 is 1.35 bits per heavy atom. The van der Waals surface area contributed by atoms with Crippen LogP contribution in [-0.4, -0.2) is 12.5 Å². The molecule has 3 nitrogen and oxygen atoms in total. The van der Waals surface area contributed by atoms with Crippen molar-refractivity contribution in [3.8, 4) is 0 Å². The van der Waals surface area contributed by atoms with E-state index in [0.717, 1.165) is 22.1 Å². The summed E-state index contributed by atoms with van der Waals surface area (Å²) in [7, 11) is 0. The highest BCUT2D eigenvalue weighted by molar-refractivity contribution is 14.1. The molecule has 0 aromatic heterocycles. The Kier molecular flexibility index (Phi) is 5.69. The molecule has 1 aliphatic carbocycles. The van der Waals surface area contributed by atoms with Crippen molar-refractivity contribution >= 4 is 45.8 Å². The number of halogens is 2. The van der Waals surface area contributed by atoms with Gasteiger partial charge in [0, 0.05) is 15.0 Å². The lowest BCUT2D eigenvalue weighted by molar-refractivity contribution is -0.118. The van der Waals surface area contributed by atoms with Crippen LogP contribution in [0.15, 0.2) is 18.2 Å². The molecule has 0 unspecified atom stereocenters. The highest BCUT2D eigenvalue weighted by atomic mass is 127. The van der Waals surface area contributed by atoms with Gasteiger partial charge in [-0.2, -0.15) is 0 Å². The van der Waals surface area contributed by atoms with E-state index in [1.165, 1.54) is 19.3 Å². The molecule has 2 rings (SSSR count). The van der Waals surface area contributed by atoms with Gasteiger partial charge < -0.3 is 11.1 Å². The Bertz CT molecular complexity index is 487. The van der Waals surface area contributed by atoms with Gasteiger partial charge in [-0.25, -0.2) is 0 Å². The molecule has 0 spiro atoms. The van der Waals surface area contributed by atoms with Gasteiger partial charge in [-0.05, 0) is 65.6 Å². The highest BCUT2D eigenvalue weighted by Gasteiger charge is 2.33. The molecule has 20 heavy (non-hydrogen) atoms. The lowest BCUT2D eigenvalue weighted by atomic mass is 9.71. The Morgan fingerprint density at radius 3 is 2.65 bits per heavy atom. The number of carbonyl (C=O) groups is 1. The maximum Gasteiger partial charge on any atom is 0.225 e. The first kappa shape index (κ1) is 16.0. The molecular weight excluding hydrogens is 387 g/mol. The molecule has 1 aromatic carbocycles. The SMILES string of the molecule is NCC1(CC(=O)Nc2ccc(Cl)cc2I)CCCCC1. The zero-order valence-electron chi connectivity index (χ0n) is 11.4. The van der Waals surface area contributed by atoms with Crippen molar-refractivity contribution in [3.63, 3.8) is 0 Å². The Morgan fingerprint density at radius 2 is 2.05 bits per heavy atom. The predicted octanol–water partition coefficient (Wildman–Crippen LogP) is 4.18. The monoisotopic (exact) mass is 406 g/mol. The summed E-state index contributed by atoms with van der Waals surface area (Å²) in [6.45, 7) is 0.595. The van der Waals surface area contributed by atoms with Crippen LogP contribution in [0.25, 0.3) is 0 Å². The molecule has 1 saturated carbocycles. The molecule has 0 atom stereocenters. The van der Waals surface area contributed by atoms with Crippen LogP contribution in [0.3, 0.4) is 0 Å². The maximum atomic E-state index is 12.3. The van der Waals surface area contributed by atoms with E-state index in [-0.39, 0.29) is 11.3 Å². The van der Waals surface area contributed by atoms with E-state index >= 15 is 0 Å². The number of carbonyl (C=O) groups excluding carboxylic acids is 1. The van der Waals surface area contributed by atoms with Crippen LogP contribution in [0.5, 0.6) is 0 Å². The molecule has 0 saturated heterocycles. The summed E-state index contributed by atoms with van der Waals surface area (Å²) in [6.07, 6.45) is 6.27. The van der Waals surface area contributed by atoms with E-state index < -0.39 is 0 Å². The number of rotatable bonds is 4. The van der Waals surface area contributed by atoms with E-state index in [1.807, 2.05) is 12.1 Å². The van der Waals surface area contributed by atoms with E-state index in [2.05, 4.69) is 27.9 Å². The quantitative estimate of drug-likeness (QED) is 0.737. The van der Waals surface area contributed by atoms with Crippen LogP contribution in [0.2, 0.25) is 5.02 Å². The zero-order valence-corrected chi connectivity index (χ0v) is 14.3. The summed E-state index contributed by atoms with van der Waals surface area (Å²) >= 11 is 8.10. The molecule has 1 aliphatic rings. The molecule has 5 heteroatoms. The van der Waals surface area contributed by atoms with Gasteiger partial charge in [-0.15, -0.1) is 0 Å². The summed E-state index contributed by atoms with van der Waals surface area (Å²) in [5.41, 5.74) is 6.75. The number of nitrogens with two attached hydrogens (primary N) is 1. The van der Waals surface area contributed by atoms with Crippen molar-refractivity contribution in [3.05, 3.63) is 26.8 Å². The van der Waals surface area contributed by atoms with Crippen LogP contribution < -0.4 is 11.1 Å². The van der Waals surface area contributed by atoms with Crippen molar-refractivity contribution < 1.29 is 4.79 Å². The third-order valence-electron chi connectivity index (χ3n) is 4.09. The van der Waals surface area contributed by atoms with Crippen molar-refractivity contribution in [2.45, 2.75) is 38.5 Å². The van der Waals surface area contributed by atoms with Crippen LogP contribution in [0, 0.1) is 8.99 Å². The maximum absolute atomic E-state index is 12.3. The molecular formula is C15H20ClIN2O. The molecule has 0 bridgehead atoms. The van der Waals surface area contributed by atoms with Crippen molar-refractivity contribution in [1.29, 1.82) is 0 Å². The minimum Gasteiger partial charge on any atom is -0.330 e. The molecule has 1 amide bonds. The molecule has 3 N–H and O–H groups in total. The number of anilines is 1. The summed E-state index contributed by atoms with van der Waals surface area (Å²) in [6, 6.07) is 5.48. The second-order valence-corrected chi connectivity index (χ2v) is 7.21. The van der Waals surface area contributed by atoms with Crippen LogP contribution >= 0.6 is 34.2 Å². The number of amides is 1. The number of hydrogen-bond donors (Lipinski definition) is 2. The van der Waals surface area contributed by atoms with Crippen LogP contribution in [0.1, 0.15) is 38.5 Å². The average molecular weight is 407 g/mol. The first-order chi connectivity index (χ1) is 9.54. The van der Waals surface area contributed by atoms with Gasteiger partial charge in [0.1, 0.15) is 0 Å². The Labute approximate surface area is 138 Å². The van der Waals surface area contributed by atoms with Gasteiger partial charge >= 0.3 is 0 Å². The predicted molar refractivity (Wildman–Crippen MR) is 92.0 cm³/mol. The molecule has 0 radical (unpaired) electrons. The van der Waals surface area contributed by atoms with Gasteiger partial charge in [0.2, 0.25) is 5.91 Å². The van der Waals surface area contributed by atoms with Gasteiger partial charge in [-0.3, -0.25) is 4.79 Å². The van der Waals surface area contributed by atoms with Crippen LogP contribution in [-0.2, 0) is 4.79 Å². The van der Waals surface area contributed by atoms with Gasteiger partial charge in [0.15, 0.2) is 0 Å². The normalized spacial score (nSPS) is 17.8. The first-order valence-electron chi connectivity index (χ1n) is 7.00. The van der Waals surface area contributed by atoms with Crippen molar-refractivity contribution in [2.24, 2.45) is 11.1 Å². The molecule has 0 aliphatic heterocycles. The third kappa shape index (κ3) is 4.09. The van der Waals surface area contributed by atoms with Crippen LogP contribution in [0.4, 0.5) is 5.69 Å². The standard InChI is InChI=1S/C15H20ClIN2O/c16-11-4-5-13(12(17)8-11)19-14(20)9-15(10-18)6-2-1-3-7-15/h4-5,8H,1-3,6-7,9-10,18H2,(H,19,20). The fraction of sp³-hybridized carbons (Fsp3) is 0.533. The van der Waals surface area contributed by atoms with E-state index in [1.54, 1.807) is 6.07 Å². The zero-order chi connectivity index (χ0) is 14.6. The smallest absolute Gasteiger partial charge is 0.225 e. The Hall–Kier alpha value is -0.330. The minimum atomic E-state index is 0.000193. The van der Waals surface area contributed by atoms with Crippen molar-refractivity contribution in [1.82, 2.24) is 0 Å². The summed E-state index contributed by atoms with van der Waals surface area (Å²) in [4.78, 5) is 12.3. The number of benzene rings is 1. The second-order valence-electron chi connectivity index (χ2n) is 5.61. The molecule has 110 valence electrons. The van der Waals surface area contributed by atoms with E-state index in [0.29, 0.717) is 18.0 Å². The Balaban J connectivity index is 2.00. The minimum absolute atomic E-state index is 0.000193. The number of hydrogen-bond acceptors (Lipinski definition) is 2. The van der Waals surface area contributed by atoms with Crippen molar-refractivity contribution in [2.75, 3.05) is 11.9 Å². The largest absolute Gasteiger partial charge is 0.330 e.